The lowest BCUT2D eigenvalue weighted by Crippen LogP contribution is -2.62. The van der Waals surface area contributed by atoms with E-state index < -0.39 is 40.6 Å². The van der Waals surface area contributed by atoms with Crippen molar-refractivity contribution in [2.24, 2.45) is 0 Å². The third kappa shape index (κ3) is 5.69. The fourth-order valence-corrected chi connectivity index (χ4v) is 5.32. The standard InChI is InChI=1S/C25H26N4O7S/c1-35-20-7-6-16(13-21(20)36-2)8-10-26-22(30)15-28-24(31)23-19(9-11-37-23)27(25(28)32)14-17-4-3-5-18(12-17)29(33)34/h3-7,9,11-13,19,23H,8,10,14-15H2,1-2H3,(H,26,30). The van der Waals surface area contributed by atoms with Gasteiger partial charge in [0.05, 0.1) is 25.2 Å². The minimum Gasteiger partial charge on any atom is -0.493 e. The number of carbonyl (C=O) groups is 3. The number of imide groups is 1. The lowest BCUT2D eigenvalue weighted by atomic mass is 10.1. The smallest absolute Gasteiger partial charge is 0.328 e. The normalized spacial score (nSPS) is 18.5. The Bertz CT molecular complexity index is 1250. The number of hydrogen-bond donors (Lipinski definition) is 1. The van der Waals surface area contributed by atoms with Gasteiger partial charge in [0.2, 0.25) is 11.8 Å². The van der Waals surface area contributed by atoms with Crippen LogP contribution in [0, 0.1) is 10.1 Å². The molecule has 2 aliphatic heterocycles. The zero-order valence-electron chi connectivity index (χ0n) is 20.3. The van der Waals surface area contributed by atoms with Crippen LogP contribution in [0.1, 0.15) is 11.1 Å². The number of fused-ring (bicyclic) bond motifs is 1. The number of nitro benzene ring substituents is 1. The first-order valence-electron chi connectivity index (χ1n) is 11.5. The second-order valence-electron chi connectivity index (χ2n) is 8.43. The molecule has 0 saturated carbocycles. The van der Waals surface area contributed by atoms with Crippen molar-refractivity contribution in [1.29, 1.82) is 0 Å². The highest BCUT2D eigenvalue weighted by molar-refractivity contribution is 8.03. The second kappa shape index (κ2) is 11.3. The topological polar surface area (TPSA) is 131 Å². The molecule has 2 unspecified atom stereocenters. The highest BCUT2D eigenvalue weighted by Gasteiger charge is 2.47. The molecule has 2 aromatic rings. The molecule has 0 bridgehead atoms. The number of rotatable bonds is 10. The van der Waals surface area contributed by atoms with Crippen LogP contribution in [0.3, 0.4) is 0 Å². The molecule has 1 N–H and O–H groups in total. The van der Waals surface area contributed by atoms with Crippen LogP contribution in [0.15, 0.2) is 53.9 Å². The molecular formula is C25H26N4O7S. The van der Waals surface area contributed by atoms with Crippen molar-refractivity contribution in [1.82, 2.24) is 15.1 Å². The molecule has 1 saturated heterocycles. The Balaban J connectivity index is 1.40. The zero-order chi connectivity index (χ0) is 26.5. The summed E-state index contributed by atoms with van der Waals surface area (Å²) < 4.78 is 10.5. The molecule has 2 atom stereocenters. The number of nitro groups is 1. The maximum Gasteiger partial charge on any atom is 0.328 e. The Hall–Kier alpha value is -4.06. The van der Waals surface area contributed by atoms with Gasteiger partial charge in [-0.3, -0.25) is 24.6 Å². The van der Waals surface area contributed by atoms with Gasteiger partial charge in [0.15, 0.2) is 11.5 Å². The van der Waals surface area contributed by atoms with E-state index in [0.29, 0.717) is 30.0 Å². The summed E-state index contributed by atoms with van der Waals surface area (Å²) in [6.45, 7) is -0.0552. The van der Waals surface area contributed by atoms with Gasteiger partial charge in [-0.25, -0.2) is 4.79 Å². The van der Waals surface area contributed by atoms with E-state index >= 15 is 0 Å². The van der Waals surface area contributed by atoms with Crippen LogP contribution in [0.2, 0.25) is 0 Å². The van der Waals surface area contributed by atoms with Crippen LogP contribution in [0.4, 0.5) is 10.5 Å². The summed E-state index contributed by atoms with van der Waals surface area (Å²) in [5, 5.41) is 15.1. The molecular weight excluding hydrogens is 500 g/mol. The number of carbonyl (C=O) groups excluding carboxylic acids is 3. The summed E-state index contributed by atoms with van der Waals surface area (Å²) in [6, 6.07) is 10.4. The summed E-state index contributed by atoms with van der Waals surface area (Å²) in [5.41, 5.74) is 1.39. The van der Waals surface area contributed by atoms with Gasteiger partial charge in [-0.05, 0) is 35.1 Å². The Morgan fingerprint density at radius 3 is 2.62 bits per heavy atom. The number of urea groups is 1. The van der Waals surface area contributed by atoms with E-state index in [1.807, 2.05) is 12.1 Å². The van der Waals surface area contributed by atoms with E-state index in [2.05, 4.69) is 5.32 Å². The van der Waals surface area contributed by atoms with E-state index in [4.69, 9.17) is 9.47 Å². The van der Waals surface area contributed by atoms with Crippen molar-refractivity contribution in [3.8, 4) is 11.5 Å². The Kier molecular flexibility index (Phi) is 7.97. The molecule has 194 valence electrons. The molecule has 37 heavy (non-hydrogen) atoms. The highest BCUT2D eigenvalue weighted by atomic mass is 32.2. The molecule has 4 amide bonds. The number of methoxy groups -OCH3 is 2. The number of nitrogens with one attached hydrogen (secondary N) is 1. The molecule has 12 heteroatoms. The quantitative estimate of drug-likeness (QED) is 0.369. The van der Waals surface area contributed by atoms with Gasteiger partial charge in [-0.2, -0.15) is 0 Å². The Labute approximate surface area is 217 Å². The molecule has 11 nitrogen and oxygen atoms in total. The minimum atomic E-state index is -0.611. The Morgan fingerprint density at radius 2 is 1.89 bits per heavy atom. The first-order chi connectivity index (χ1) is 17.8. The fourth-order valence-electron chi connectivity index (χ4n) is 4.26. The number of nitrogens with zero attached hydrogens (tertiary/aromatic N) is 3. The average Bonchev–Trinajstić information content (AvgIpc) is 3.39. The van der Waals surface area contributed by atoms with Crippen molar-refractivity contribution in [3.05, 3.63) is 75.2 Å². The van der Waals surface area contributed by atoms with Crippen molar-refractivity contribution in [3.63, 3.8) is 0 Å². The summed E-state index contributed by atoms with van der Waals surface area (Å²) >= 11 is 1.28. The van der Waals surface area contributed by atoms with E-state index in [1.165, 1.54) is 28.8 Å². The van der Waals surface area contributed by atoms with E-state index in [0.717, 1.165) is 10.5 Å². The summed E-state index contributed by atoms with van der Waals surface area (Å²) in [4.78, 5) is 52.1. The lowest BCUT2D eigenvalue weighted by molar-refractivity contribution is -0.384. The van der Waals surface area contributed by atoms with Gasteiger partial charge in [0, 0.05) is 25.2 Å². The van der Waals surface area contributed by atoms with Crippen molar-refractivity contribution >= 4 is 35.3 Å². The van der Waals surface area contributed by atoms with E-state index in [-0.39, 0.29) is 12.2 Å². The largest absolute Gasteiger partial charge is 0.493 e. The molecule has 0 aromatic heterocycles. The maximum absolute atomic E-state index is 13.3. The van der Waals surface area contributed by atoms with Gasteiger partial charge < -0.3 is 19.7 Å². The predicted molar refractivity (Wildman–Crippen MR) is 136 cm³/mol. The second-order valence-corrected chi connectivity index (χ2v) is 9.48. The van der Waals surface area contributed by atoms with Crippen LogP contribution >= 0.6 is 11.8 Å². The van der Waals surface area contributed by atoms with Gasteiger partial charge in [-0.15, -0.1) is 11.8 Å². The predicted octanol–water partition coefficient (Wildman–Crippen LogP) is 2.73. The van der Waals surface area contributed by atoms with Gasteiger partial charge in [-0.1, -0.05) is 24.3 Å². The van der Waals surface area contributed by atoms with E-state index in [1.54, 1.807) is 43.9 Å². The first-order valence-corrected chi connectivity index (χ1v) is 12.4. The van der Waals surface area contributed by atoms with Gasteiger partial charge >= 0.3 is 6.03 Å². The number of hydrogen-bond acceptors (Lipinski definition) is 8. The molecule has 2 aliphatic rings. The summed E-state index contributed by atoms with van der Waals surface area (Å²) in [7, 11) is 3.09. The van der Waals surface area contributed by atoms with Crippen molar-refractivity contribution in [2.45, 2.75) is 24.3 Å². The van der Waals surface area contributed by atoms with Crippen molar-refractivity contribution in [2.75, 3.05) is 27.3 Å². The minimum absolute atomic E-state index is 0.0667. The number of non-ortho nitro benzene ring substituents is 1. The number of amides is 4. The molecule has 2 aromatic carbocycles. The fraction of sp³-hybridized carbons (Fsp3) is 0.320. The van der Waals surface area contributed by atoms with Crippen LogP contribution < -0.4 is 14.8 Å². The van der Waals surface area contributed by atoms with E-state index in [9.17, 15) is 24.5 Å². The molecule has 0 spiro atoms. The third-order valence-electron chi connectivity index (χ3n) is 6.12. The van der Waals surface area contributed by atoms with Crippen LogP contribution in [0.5, 0.6) is 11.5 Å². The molecule has 0 aliphatic carbocycles. The molecule has 0 radical (unpaired) electrons. The third-order valence-corrected chi connectivity index (χ3v) is 7.20. The lowest BCUT2D eigenvalue weighted by Gasteiger charge is -2.41. The molecule has 2 heterocycles. The highest BCUT2D eigenvalue weighted by Crippen LogP contribution is 2.35. The first kappa shape index (κ1) is 26.0. The van der Waals surface area contributed by atoms with Gasteiger partial charge in [0.25, 0.3) is 5.69 Å². The van der Waals surface area contributed by atoms with Crippen molar-refractivity contribution < 1.29 is 28.8 Å². The summed E-state index contributed by atoms with van der Waals surface area (Å²) in [5.74, 6) is 0.281. The summed E-state index contributed by atoms with van der Waals surface area (Å²) in [6.07, 6.45) is 2.28. The number of benzene rings is 2. The monoisotopic (exact) mass is 526 g/mol. The van der Waals surface area contributed by atoms with Crippen LogP contribution in [-0.4, -0.2) is 71.2 Å². The van der Waals surface area contributed by atoms with Gasteiger partial charge in [0.1, 0.15) is 11.8 Å². The SMILES string of the molecule is COc1ccc(CCNC(=O)CN2C(=O)C3SC=CC3N(Cc3cccc([N+](=O)[O-])c3)C2=O)cc1OC. The molecule has 1 fully saturated rings. The molecule has 4 rings (SSSR count). The number of thioether (sulfide) groups is 1. The van der Waals surface area contributed by atoms with Crippen LogP contribution in [0.25, 0.3) is 0 Å². The Morgan fingerprint density at radius 1 is 1.11 bits per heavy atom. The average molecular weight is 527 g/mol. The number of ether oxygens (including phenoxy) is 2. The van der Waals surface area contributed by atoms with Crippen LogP contribution in [-0.2, 0) is 22.6 Å². The zero-order valence-corrected chi connectivity index (χ0v) is 21.1. The maximum atomic E-state index is 13.3.